The first-order valence-corrected chi connectivity index (χ1v) is 6.02. The molecule has 18 heavy (non-hydrogen) atoms. The summed E-state index contributed by atoms with van der Waals surface area (Å²) in [6, 6.07) is 8.71. The van der Waals surface area contributed by atoms with Crippen molar-refractivity contribution in [1.82, 2.24) is 0 Å². The second-order valence-corrected chi connectivity index (χ2v) is 5.63. The Hall–Kier alpha value is -0.570. The van der Waals surface area contributed by atoms with E-state index in [9.17, 15) is 0 Å². The summed E-state index contributed by atoms with van der Waals surface area (Å²) in [5.41, 5.74) is 2.89. The van der Waals surface area contributed by atoms with Gasteiger partial charge < -0.3 is 29.3 Å². The molecular weight excluding hydrogens is 267 g/mol. The standard InChI is InChI=1S/C14H22N2.2ClH/c1-16(2,3)11-10-15-9-8-13-6-4-5-7-14(13)12-15;;/h4-7,12H,8-11H2,1-3H3;2*1H/q+2;;/p-2. The summed E-state index contributed by atoms with van der Waals surface area (Å²) in [4.78, 5) is 0. The molecule has 0 bridgehead atoms. The summed E-state index contributed by atoms with van der Waals surface area (Å²) >= 11 is 0. The molecule has 0 fully saturated rings. The van der Waals surface area contributed by atoms with Gasteiger partial charge in [-0.25, -0.2) is 4.58 Å². The lowest BCUT2D eigenvalue weighted by molar-refractivity contribution is -0.878. The maximum atomic E-state index is 2.45. The van der Waals surface area contributed by atoms with Crippen molar-refractivity contribution in [3.8, 4) is 0 Å². The van der Waals surface area contributed by atoms with Crippen LogP contribution in [-0.2, 0) is 6.42 Å². The van der Waals surface area contributed by atoms with Gasteiger partial charge >= 0.3 is 0 Å². The van der Waals surface area contributed by atoms with E-state index in [0.29, 0.717) is 0 Å². The third-order valence-corrected chi connectivity index (χ3v) is 3.10. The number of likely N-dealkylation sites (N-methyl/N-ethyl adjacent to an activating group) is 1. The quantitative estimate of drug-likeness (QED) is 0.389. The molecule has 2 rings (SSSR count). The molecule has 0 amide bonds. The minimum absolute atomic E-state index is 0. The maximum absolute atomic E-state index is 2.45. The number of hydrogen-bond donors (Lipinski definition) is 0. The first-order chi connectivity index (χ1) is 7.54. The minimum atomic E-state index is 0. The second-order valence-electron chi connectivity index (χ2n) is 5.63. The van der Waals surface area contributed by atoms with E-state index in [2.05, 4.69) is 56.2 Å². The Morgan fingerprint density at radius 2 is 1.78 bits per heavy atom. The van der Waals surface area contributed by atoms with Crippen molar-refractivity contribution < 1.29 is 33.9 Å². The lowest BCUT2D eigenvalue weighted by Crippen LogP contribution is -3.00. The second kappa shape index (κ2) is 7.13. The number of nitrogens with zero attached hydrogens (tertiary/aromatic N) is 2. The van der Waals surface area contributed by atoms with Crippen LogP contribution in [0.3, 0.4) is 0 Å². The third kappa shape index (κ3) is 4.97. The van der Waals surface area contributed by atoms with Gasteiger partial charge in [0, 0.05) is 12.0 Å². The molecule has 0 N–H and O–H groups in total. The number of benzene rings is 1. The van der Waals surface area contributed by atoms with Crippen molar-refractivity contribution in [2.75, 3.05) is 40.8 Å². The normalized spacial score (nSPS) is 13.8. The first kappa shape index (κ1) is 17.4. The highest BCUT2D eigenvalue weighted by Crippen LogP contribution is 2.11. The van der Waals surface area contributed by atoms with Crippen molar-refractivity contribution in [2.24, 2.45) is 0 Å². The number of halogens is 2. The molecule has 0 saturated heterocycles. The Labute approximate surface area is 123 Å². The van der Waals surface area contributed by atoms with Crippen LogP contribution in [0.5, 0.6) is 0 Å². The fourth-order valence-corrected chi connectivity index (χ4v) is 2.02. The average Bonchev–Trinajstić information content (AvgIpc) is 2.25. The van der Waals surface area contributed by atoms with Gasteiger partial charge in [0.1, 0.15) is 13.1 Å². The van der Waals surface area contributed by atoms with Crippen LogP contribution in [0.15, 0.2) is 24.3 Å². The summed E-state index contributed by atoms with van der Waals surface area (Å²) in [6.07, 6.45) is 3.50. The van der Waals surface area contributed by atoms with Gasteiger partial charge in [0.2, 0.25) is 0 Å². The molecule has 0 unspecified atom stereocenters. The Morgan fingerprint density at radius 3 is 2.44 bits per heavy atom. The van der Waals surface area contributed by atoms with E-state index in [0.717, 1.165) is 17.6 Å². The first-order valence-electron chi connectivity index (χ1n) is 6.02. The van der Waals surface area contributed by atoms with Crippen LogP contribution >= 0.6 is 0 Å². The van der Waals surface area contributed by atoms with Crippen molar-refractivity contribution in [3.05, 3.63) is 35.4 Å². The van der Waals surface area contributed by atoms with Crippen molar-refractivity contribution in [1.29, 1.82) is 0 Å². The molecule has 0 atom stereocenters. The summed E-state index contributed by atoms with van der Waals surface area (Å²) in [5, 5.41) is 0. The Morgan fingerprint density at radius 1 is 1.11 bits per heavy atom. The van der Waals surface area contributed by atoms with Gasteiger partial charge in [0.05, 0.1) is 21.1 Å². The molecule has 0 radical (unpaired) electrons. The van der Waals surface area contributed by atoms with Crippen LogP contribution in [0.2, 0.25) is 0 Å². The molecule has 1 aromatic rings. The summed E-state index contributed by atoms with van der Waals surface area (Å²) in [7, 11) is 6.74. The topological polar surface area (TPSA) is 3.01 Å². The van der Waals surface area contributed by atoms with Gasteiger partial charge in [-0.1, -0.05) is 18.2 Å². The van der Waals surface area contributed by atoms with Crippen molar-refractivity contribution in [2.45, 2.75) is 6.42 Å². The number of fused-ring (bicyclic) bond motifs is 1. The smallest absolute Gasteiger partial charge is 0.191 e. The molecule has 0 aromatic heterocycles. The molecule has 0 saturated carbocycles. The molecule has 2 nitrogen and oxygen atoms in total. The van der Waals surface area contributed by atoms with E-state index < -0.39 is 0 Å². The van der Waals surface area contributed by atoms with E-state index in [-0.39, 0.29) is 24.8 Å². The van der Waals surface area contributed by atoms with Gasteiger partial charge in [-0.05, 0) is 11.6 Å². The molecular formula is C14H22Cl2N2. The predicted octanol–water partition coefficient (Wildman–Crippen LogP) is -4.61. The van der Waals surface area contributed by atoms with Gasteiger partial charge in [-0.15, -0.1) is 0 Å². The highest BCUT2D eigenvalue weighted by atomic mass is 35.5. The molecule has 4 heteroatoms. The van der Waals surface area contributed by atoms with E-state index in [1.54, 1.807) is 0 Å². The van der Waals surface area contributed by atoms with Crippen LogP contribution in [0, 0.1) is 0 Å². The van der Waals surface area contributed by atoms with E-state index in [1.807, 2.05) is 0 Å². The number of quaternary nitrogens is 1. The molecule has 1 aliphatic rings. The molecule has 1 heterocycles. The van der Waals surface area contributed by atoms with Gasteiger partial charge in [0.25, 0.3) is 0 Å². The molecule has 1 aromatic carbocycles. The average molecular weight is 289 g/mol. The summed E-state index contributed by atoms with van der Waals surface area (Å²) in [5.74, 6) is 0. The zero-order chi connectivity index (χ0) is 11.6. The summed E-state index contributed by atoms with van der Waals surface area (Å²) in [6.45, 7) is 3.51. The Bertz CT molecular complexity index is 409. The van der Waals surface area contributed by atoms with Crippen molar-refractivity contribution in [3.63, 3.8) is 0 Å². The third-order valence-electron chi connectivity index (χ3n) is 3.10. The molecule has 102 valence electrons. The lowest BCUT2D eigenvalue weighted by Gasteiger charge is -2.23. The van der Waals surface area contributed by atoms with E-state index in [1.165, 1.54) is 24.1 Å². The Kier molecular flexibility index (Phi) is 6.90. The van der Waals surface area contributed by atoms with Gasteiger partial charge in [-0.3, -0.25) is 0 Å². The maximum Gasteiger partial charge on any atom is 0.191 e. The van der Waals surface area contributed by atoms with Crippen molar-refractivity contribution >= 4 is 6.21 Å². The Balaban J connectivity index is 0.00000144. The zero-order valence-electron chi connectivity index (χ0n) is 11.4. The fourth-order valence-electron chi connectivity index (χ4n) is 2.02. The minimum Gasteiger partial charge on any atom is -1.00 e. The van der Waals surface area contributed by atoms with Crippen LogP contribution in [-0.4, -0.2) is 56.1 Å². The number of rotatable bonds is 3. The fraction of sp³-hybridized carbons (Fsp3) is 0.500. The molecule has 0 spiro atoms. The predicted molar refractivity (Wildman–Crippen MR) is 68.2 cm³/mol. The van der Waals surface area contributed by atoms with E-state index >= 15 is 0 Å². The van der Waals surface area contributed by atoms with Crippen LogP contribution < -0.4 is 24.8 Å². The lowest BCUT2D eigenvalue weighted by atomic mass is 10.0. The van der Waals surface area contributed by atoms with Crippen LogP contribution in [0.25, 0.3) is 0 Å². The van der Waals surface area contributed by atoms with Gasteiger partial charge in [0.15, 0.2) is 12.8 Å². The highest BCUT2D eigenvalue weighted by molar-refractivity contribution is 5.78. The van der Waals surface area contributed by atoms with Gasteiger partial charge in [-0.2, -0.15) is 0 Å². The van der Waals surface area contributed by atoms with Crippen LogP contribution in [0.1, 0.15) is 11.1 Å². The monoisotopic (exact) mass is 288 g/mol. The van der Waals surface area contributed by atoms with E-state index in [4.69, 9.17) is 0 Å². The summed E-state index contributed by atoms with van der Waals surface area (Å²) < 4.78 is 3.48. The molecule has 1 aliphatic heterocycles. The molecule has 0 aliphatic carbocycles. The number of hydrogen-bond acceptors (Lipinski definition) is 0. The van der Waals surface area contributed by atoms with Crippen LogP contribution in [0.4, 0.5) is 0 Å². The largest absolute Gasteiger partial charge is 1.00 e. The SMILES string of the molecule is C[N+](C)(C)CC[N+]1=Cc2ccccc2CC1.[Cl-].[Cl-]. The highest BCUT2D eigenvalue weighted by Gasteiger charge is 2.17. The zero-order valence-corrected chi connectivity index (χ0v) is 12.9.